The van der Waals surface area contributed by atoms with Crippen LogP contribution in [0.15, 0.2) is 170 Å². The topological polar surface area (TPSA) is 6.48 Å². The zero-order chi connectivity index (χ0) is 43.0. The first-order valence-corrected chi connectivity index (χ1v) is 21.9. The van der Waals surface area contributed by atoms with Crippen LogP contribution in [0.3, 0.4) is 0 Å². The first kappa shape index (κ1) is 32.5. The van der Waals surface area contributed by atoms with Gasteiger partial charge in [0, 0.05) is 52.7 Å². The SMILES string of the molecule is [2H]C([2H])([2H])c1cc2c3c(c1)N(c1cccc4sc5ccccc5c14)c1cc4c(cc1B3c1cc(-c3ccccc3)ccc1N2c1ccc(-c2ccccc2)cc1)C(C)(C)CC4(C)C. The molecule has 9 aromatic rings. The lowest BCUT2D eigenvalue weighted by Gasteiger charge is -2.45. The number of anilines is 6. The van der Waals surface area contributed by atoms with Crippen molar-refractivity contribution < 1.29 is 4.11 Å². The lowest BCUT2D eigenvalue weighted by Crippen LogP contribution is -2.61. The molecule has 0 unspecified atom stereocenters. The minimum atomic E-state index is -2.36. The van der Waals surface area contributed by atoms with E-state index in [1.165, 1.54) is 42.2 Å². The summed E-state index contributed by atoms with van der Waals surface area (Å²) in [6, 6.07) is 61.0. The summed E-state index contributed by atoms with van der Waals surface area (Å²) in [4.78, 5) is 4.76. The van der Waals surface area contributed by atoms with Crippen molar-refractivity contribution in [3.05, 3.63) is 187 Å². The van der Waals surface area contributed by atoms with Crippen molar-refractivity contribution in [3.8, 4) is 22.3 Å². The molecule has 1 aromatic heterocycles. The first-order chi connectivity index (χ1) is 30.4. The Balaban J connectivity index is 1.21. The van der Waals surface area contributed by atoms with E-state index in [2.05, 4.69) is 189 Å². The van der Waals surface area contributed by atoms with Gasteiger partial charge in [-0.2, -0.15) is 0 Å². The maximum absolute atomic E-state index is 9.02. The highest BCUT2D eigenvalue weighted by atomic mass is 32.1. The summed E-state index contributed by atoms with van der Waals surface area (Å²) < 4.78 is 29.5. The number of aryl methyl sites for hydroxylation is 1. The second-order valence-electron chi connectivity index (χ2n) is 18.2. The van der Waals surface area contributed by atoms with E-state index in [9.17, 15) is 0 Å². The Morgan fingerprint density at radius 3 is 1.83 bits per heavy atom. The molecule has 8 aromatic carbocycles. The van der Waals surface area contributed by atoms with Gasteiger partial charge in [0.25, 0.3) is 6.71 Å². The van der Waals surface area contributed by atoms with Crippen LogP contribution in [0, 0.1) is 6.85 Å². The monoisotopic (exact) mass is 791 g/mol. The lowest BCUT2D eigenvalue weighted by atomic mass is 9.33. The van der Waals surface area contributed by atoms with E-state index in [1.54, 1.807) is 0 Å². The molecule has 0 bridgehead atoms. The zero-order valence-corrected chi connectivity index (χ0v) is 35.1. The van der Waals surface area contributed by atoms with Crippen LogP contribution < -0.4 is 26.2 Å². The number of hydrogen-bond acceptors (Lipinski definition) is 3. The molecule has 0 atom stereocenters. The normalized spacial score (nSPS) is 16.5. The fourth-order valence-corrected chi connectivity index (χ4v) is 12.3. The molecule has 0 N–H and O–H groups in total. The number of thiophene rings is 1. The van der Waals surface area contributed by atoms with Crippen molar-refractivity contribution in [2.24, 2.45) is 0 Å². The minimum Gasteiger partial charge on any atom is -0.311 e. The molecule has 0 saturated carbocycles. The third kappa shape index (κ3) is 5.20. The summed E-state index contributed by atoms with van der Waals surface area (Å²) in [5.41, 5.74) is 17.2. The summed E-state index contributed by atoms with van der Waals surface area (Å²) in [7, 11) is 0. The molecule has 0 radical (unpaired) electrons. The van der Waals surface area contributed by atoms with Crippen molar-refractivity contribution in [2.75, 3.05) is 9.80 Å². The van der Waals surface area contributed by atoms with Gasteiger partial charge in [-0.3, -0.25) is 0 Å². The predicted octanol–water partition coefficient (Wildman–Crippen LogP) is 13.7. The van der Waals surface area contributed by atoms with E-state index in [0.717, 1.165) is 68.3 Å². The van der Waals surface area contributed by atoms with Crippen LogP contribution in [0.1, 0.15) is 54.9 Å². The van der Waals surface area contributed by atoms with E-state index in [1.807, 2.05) is 29.5 Å². The van der Waals surface area contributed by atoms with Gasteiger partial charge in [0.05, 0.1) is 5.69 Å². The average Bonchev–Trinajstić information content (AvgIpc) is 3.75. The van der Waals surface area contributed by atoms with Gasteiger partial charge in [0.1, 0.15) is 0 Å². The molecule has 0 fully saturated rings. The average molecular weight is 792 g/mol. The molecule has 0 spiro atoms. The van der Waals surface area contributed by atoms with Crippen LogP contribution in [0.5, 0.6) is 0 Å². The van der Waals surface area contributed by atoms with Crippen molar-refractivity contribution in [3.63, 3.8) is 0 Å². The lowest BCUT2D eigenvalue weighted by molar-refractivity contribution is 0.403. The minimum absolute atomic E-state index is 0.0353. The molecule has 60 heavy (non-hydrogen) atoms. The van der Waals surface area contributed by atoms with Gasteiger partial charge < -0.3 is 9.80 Å². The second kappa shape index (κ2) is 12.8. The fourth-order valence-electron chi connectivity index (χ4n) is 11.2. The van der Waals surface area contributed by atoms with Gasteiger partial charge in [-0.05, 0) is 134 Å². The molecule has 2 aliphatic heterocycles. The largest absolute Gasteiger partial charge is 0.311 e. The Kier molecular flexibility index (Phi) is 6.94. The molecule has 3 aliphatic rings. The van der Waals surface area contributed by atoms with Gasteiger partial charge in [0.2, 0.25) is 0 Å². The smallest absolute Gasteiger partial charge is 0.252 e. The van der Waals surface area contributed by atoms with E-state index < -0.39 is 6.85 Å². The molecule has 0 saturated heterocycles. The number of hydrogen-bond donors (Lipinski definition) is 0. The zero-order valence-electron chi connectivity index (χ0n) is 37.3. The molecule has 3 heterocycles. The van der Waals surface area contributed by atoms with E-state index >= 15 is 0 Å². The predicted molar refractivity (Wildman–Crippen MR) is 260 cm³/mol. The molecule has 1 aliphatic carbocycles. The molecular formula is C56H45BN2S. The maximum atomic E-state index is 9.02. The van der Waals surface area contributed by atoms with Crippen molar-refractivity contribution in [1.82, 2.24) is 0 Å². The van der Waals surface area contributed by atoms with Gasteiger partial charge in [-0.1, -0.05) is 143 Å². The van der Waals surface area contributed by atoms with Crippen LogP contribution in [0.25, 0.3) is 42.4 Å². The highest BCUT2D eigenvalue weighted by molar-refractivity contribution is 7.26. The van der Waals surface area contributed by atoms with Crippen molar-refractivity contribution >= 4 is 88.7 Å². The van der Waals surface area contributed by atoms with E-state index in [0.29, 0.717) is 5.56 Å². The van der Waals surface area contributed by atoms with Crippen molar-refractivity contribution in [2.45, 2.75) is 51.8 Å². The van der Waals surface area contributed by atoms with Gasteiger partial charge in [0.15, 0.2) is 0 Å². The Bertz CT molecular complexity index is 3320. The van der Waals surface area contributed by atoms with Crippen LogP contribution in [-0.4, -0.2) is 6.71 Å². The standard InChI is InChI=1S/C56H45BN2S/c1-35-29-49-54-50(30-35)59(47-20-14-22-52-53(47)41-19-12-13-21-51(41)60-52)48-33-43-42(55(2,3)34-56(43,4)5)32-45(48)57(54)44-31-39(37-17-10-7-11-18-37)25-28-46(44)58(49)40-26-23-38(24-27-40)36-15-8-6-9-16-36/h6-33H,34H2,1-5H3/i1D3. The van der Waals surface area contributed by atoms with E-state index in [4.69, 9.17) is 4.11 Å². The summed E-state index contributed by atoms with van der Waals surface area (Å²) in [6.45, 7) is 7.03. The number of fused-ring (bicyclic) bond motifs is 8. The van der Waals surface area contributed by atoms with Crippen LogP contribution in [-0.2, 0) is 10.8 Å². The highest BCUT2D eigenvalue weighted by Gasteiger charge is 2.48. The summed E-state index contributed by atoms with van der Waals surface area (Å²) >= 11 is 1.81. The molecule has 0 amide bonds. The first-order valence-electron chi connectivity index (χ1n) is 22.6. The fraction of sp³-hybridized carbons (Fsp3) is 0.143. The number of nitrogens with zero attached hydrogens (tertiary/aromatic N) is 2. The summed E-state index contributed by atoms with van der Waals surface area (Å²) in [6.07, 6.45) is 1.04. The van der Waals surface area contributed by atoms with Crippen LogP contribution in [0.4, 0.5) is 34.1 Å². The number of benzene rings is 8. The van der Waals surface area contributed by atoms with Crippen molar-refractivity contribution in [1.29, 1.82) is 0 Å². The Morgan fingerprint density at radius 1 is 0.500 bits per heavy atom. The quantitative estimate of drug-likeness (QED) is 0.164. The molecule has 288 valence electrons. The Morgan fingerprint density at radius 2 is 1.10 bits per heavy atom. The third-order valence-corrected chi connectivity index (χ3v) is 14.6. The third-order valence-electron chi connectivity index (χ3n) is 13.5. The molecule has 12 rings (SSSR count). The Hall–Kier alpha value is -6.36. The molecular weight excluding hydrogens is 744 g/mol. The molecule has 2 nitrogen and oxygen atoms in total. The van der Waals surface area contributed by atoms with Gasteiger partial charge >= 0.3 is 0 Å². The second-order valence-corrected chi connectivity index (χ2v) is 19.3. The van der Waals surface area contributed by atoms with Gasteiger partial charge in [-0.15, -0.1) is 11.3 Å². The molecule has 4 heteroatoms. The Labute approximate surface area is 361 Å². The summed E-state index contributed by atoms with van der Waals surface area (Å²) in [5, 5.41) is 2.39. The van der Waals surface area contributed by atoms with Crippen LogP contribution >= 0.6 is 11.3 Å². The van der Waals surface area contributed by atoms with Crippen LogP contribution in [0.2, 0.25) is 0 Å². The highest BCUT2D eigenvalue weighted by Crippen LogP contribution is 2.54. The van der Waals surface area contributed by atoms with Gasteiger partial charge in [-0.25, -0.2) is 0 Å². The van der Waals surface area contributed by atoms with E-state index in [-0.39, 0.29) is 17.5 Å². The maximum Gasteiger partial charge on any atom is 0.252 e. The number of rotatable bonds is 4. The summed E-state index contributed by atoms with van der Waals surface area (Å²) in [5.74, 6) is 0.